The van der Waals surface area contributed by atoms with Gasteiger partial charge in [-0.05, 0) is 31.2 Å². The average Bonchev–Trinajstić information content (AvgIpc) is 2.68. The Hall–Kier alpha value is -2.74. The van der Waals surface area contributed by atoms with Gasteiger partial charge in [0.25, 0.3) is 0 Å². The molecular formula is C20H20F3N5. The highest BCUT2D eigenvalue weighted by Crippen LogP contribution is 2.29. The molecule has 1 aliphatic rings. The molecule has 5 nitrogen and oxygen atoms in total. The molecule has 0 saturated carbocycles. The number of para-hydroxylation sites is 1. The number of hydrogen-bond acceptors (Lipinski definition) is 5. The van der Waals surface area contributed by atoms with Crippen molar-refractivity contribution >= 4 is 16.7 Å². The van der Waals surface area contributed by atoms with Gasteiger partial charge in [0, 0.05) is 49.0 Å². The van der Waals surface area contributed by atoms with Crippen molar-refractivity contribution in [1.29, 1.82) is 0 Å². The van der Waals surface area contributed by atoms with Crippen molar-refractivity contribution in [1.82, 2.24) is 19.9 Å². The molecule has 0 spiro atoms. The smallest absolute Gasteiger partial charge is 0.353 e. The largest absolute Gasteiger partial charge is 0.401 e. The quantitative estimate of drug-likeness (QED) is 0.685. The van der Waals surface area contributed by atoms with Crippen LogP contribution in [0.4, 0.5) is 19.0 Å². The zero-order valence-electron chi connectivity index (χ0n) is 15.4. The molecule has 0 amide bonds. The Morgan fingerprint density at radius 1 is 1.07 bits per heavy atom. The molecule has 1 aliphatic heterocycles. The number of fused-ring (bicyclic) bond motifs is 1. The van der Waals surface area contributed by atoms with E-state index in [0.29, 0.717) is 25.5 Å². The standard InChI is InChI=1S/C20H20F3N5/c1-14-12-27(9-10-28(14)13-20(21,22)23)19-16-6-2-3-7-17(16)25-18(26-19)15-5-4-8-24-11-15/h2-8,11,14H,9-10,12-13H2,1H3. The van der Waals surface area contributed by atoms with Gasteiger partial charge in [0.2, 0.25) is 0 Å². The first kappa shape index (κ1) is 18.6. The maximum Gasteiger partial charge on any atom is 0.401 e. The van der Waals surface area contributed by atoms with Gasteiger partial charge in [-0.2, -0.15) is 13.2 Å². The minimum absolute atomic E-state index is 0.231. The van der Waals surface area contributed by atoms with E-state index >= 15 is 0 Å². The van der Waals surface area contributed by atoms with E-state index in [1.807, 2.05) is 43.3 Å². The number of rotatable bonds is 3. The van der Waals surface area contributed by atoms with Gasteiger partial charge in [-0.25, -0.2) is 9.97 Å². The number of hydrogen-bond donors (Lipinski definition) is 0. The van der Waals surface area contributed by atoms with E-state index in [1.54, 1.807) is 12.4 Å². The van der Waals surface area contributed by atoms with Crippen molar-refractivity contribution in [3.8, 4) is 11.4 Å². The number of piperazine rings is 1. The fraction of sp³-hybridized carbons (Fsp3) is 0.350. The van der Waals surface area contributed by atoms with Crippen molar-refractivity contribution in [2.24, 2.45) is 0 Å². The van der Waals surface area contributed by atoms with Crippen LogP contribution >= 0.6 is 0 Å². The van der Waals surface area contributed by atoms with Crippen molar-refractivity contribution in [2.75, 3.05) is 31.1 Å². The first-order chi connectivity index (χ1) is 13.4. The number of anilines is 1. The third kappa shape index (κ3) is 3.91. The lowest BCUT2D eigenvalue weighted by molar-refractivity contribution is -0.150. The fourth-order valence-corrected chi connectivity index (χ4v) is 3.58. The summed E-state index contributed by atoms with van der Waals surface area (Å²) in [5, 5.41) is 0.895. The summed E-state index contributed by atoms with van der Waals surface area (Å²) in [6.45, 7) is 2.23. The minimum atomic E-state index is -4.19. The molecule has 4 rings (SSSR count). The second-order valence-corrected chi connectivity index (χ2v) is 7.01. The van der Waals surface area contributed by atoms with Gasteiger partial charge in [-0.3, -0.25) is 9.88 Å². The van der Waals surface area contributed by atoms with Crippen LogP contribution in [0.1, 0.15) is 6.92 Å². The Morgan fingerprint density at radius 2 is 1.89 bits per heavy atom. The number of pyridine rings is 1. The van der Waals surface area contributed by atoms with E-state index < -0.39 is 12.7 Å². The highest BCUT2D eigenvalue weighted by atomic mass is 19.4. The minimum Gasteiger partial charge on any atom is -0.353 e. The zero-order valence-corrected chi connectivity index (χ0v) is 15.4. The van der Waals surface area contributed by atoms with Crippen LogP contribution in [-0.2, 0) is 0 Å². The maximum atomic E-state index is 12.8. The van der Waals surface area contributed by atoms with Crippen molar-refractivity contribution in [2.45, 2.75) is 19.1 Å². The summed E-state index contributed by atoms with van der Waals surface area (Å²) in [6, 6.07) is 11.2. The van der Waals surface area contributed by atoms with Crippen molar-refractivity contribution < 1.29 is 13.2 Å². The summed E-state index contributed by atoms with van der Waals surface area (Å²) in [6.07, 6.45) is -0.795. The molecule has 0 aliphatic carbocycles. The van der Waals surface area contributed by atoms with Crippen LogP contribution in [0.2, 0.25) is 0 Å². The van der Waals surface area contributed by atoms with Gasteiger partial charge >= 0.3 is 6.18 Å². The van der Waals surface area contributed by atoms with Gasteiger partial charge in [-0.1, -0.05) is 12.1 Å². The summed E-state index contributed by atoms with van der Waals surface area (Å²) in [5.41, 5.74) is 1.61. The molecular weight excluding hydrogens is 367 g/mol. The summed E-state index contributed by atoms with van der Waals surface area (Å²) in [7, 11) is 0. The van der Waals surface area contributed by atoms with Crippen LogP contribution in [0.3, 0.4) is 0 Å². The Morgan fingerprint density at radius 3 is 2.61 bits per heavy atom. The summed E-state index contributed by atoms with van der Waals surface area (Å²) in [4.78, 5) is 17.1. The Balaban J connectivity index is 1.69. The molecule has 0 bridgehead atoms. The van der Waals surface area contributed by atoms with Crippen LogP contribution in [0.5, 0.6) is 0 Å². The van der Waals surface area contributed by atoms with E-state index in [1.165, 1.54) is 4.90 Å². The molecule has 1 atom stereocenters. The molecule has 0 radical (unpaired) electrons. The number of halogens is 3. The molecule has 3 heterocycles. The van der Waals surface area contributed by atoms with Crippen LogP contribution in [0, 0.1) is 0 Å². The molecule has 2 aromatic heterocycles. The SMILES string of the molecule is CC1CN(c2nc(-c3cccnc3)nc3ccccc23)CCN1CC(F)(F)F. The molecule has 146 valence electrons. The number of alkyl halides is 3. The lowest BCUT2D eigenvalue weighted by atomic mass is 10.1. The average molecular weight is 387 g/mol. The van der Waals surface area contributed by atoms with Crippen LogP contribution in [-0.4, -0.2) is 58.2 Å². The van der Waals surface area contributed by atoms with E-state index in [4.69, 9.17) is 4.98 Å². The maximum absolute atomic E-state index is 12.8. The Bertz CT molecular complexity index is 961. The van der Waals surface area contributed by atoms with Crippen molar-refractivity contribution in [3.05, 3.63) is 48.8 Å². The highest BCUT2D eigenvalue weighted by molar-refractivity contribution is 5.91. The summed E-state index contributed by atoms with van der Waals surface area (Å²) >= 11 is 0. The van der Waals surface area contributed by atoms with Gasteiger partial charge in [0.1, 0.15) is 5.82 Å². The van der Waals surface area contributed by atoms with Crippen LogP contribution in [0.15, 0.2) is 48.8 Å². The molecule has 28 heavy (non-hydrogen) atoms. The topological polar surface area (TPSA) is 45.2 Å². The summed E-state index contributed by atoms with van der Waals surface area (Å²) in [5.74, 6) is 1.31. The monoisotopic (exact) mass is 387 g/mol. The lowest BCUT2D eigenvalue weighted by Gasteiger charge is -2.40. The van der Waals surface area contributed by atoms with E-state index in [9.17, 15) is 13.2 Å². The molecule has 1 aromatic carbocycles. The first-order valence-corrected chi connectivity index (χ1v) is 9.14. The Kier molecular flexibility index (Phi) is 4.89. The fourth-order valence-electron chi connectivity index (χ4n) is 3.58. The van der Waals surface area contributed by atoms with Crippen LogP contribution < -0.4 is 4.90 Å². The van der Waals surface area contributed by atoms with Crippen LogP contribution in [0.25, 0.3) is 22.3 Å². The van der Waals surface area contributed by atoms with E-state index in [0.717, 1.165) is 22.3 Å². The molecule has 1 unspecified atom stereocenters. The second kappa shape index (κ2) is 7.35. The molecule has 0 N–H and O–H groups in total. The molecule has 1 saturated heterocycles. The predicted octanol–water partition coefficient (Wildman–Crippen LogP) is 3.76. The number of benzene rings is 1. The lowest BCUT2D eigenvalue weighted by Crippen LogP contribution is -2.54. The number of nitrogens with zero attached hydrogens (tertiary/aromatic N) is 5. The van der Waals surface area contributed by atoms with E-state index in [2.05, 4.69) is 14.9 Å². The third-order valence-electron chi connectivity index (χ3n) is 4.95. The number of aromatic nitrogens is 3. The molecule has 1 fully saturated rings. The van der Waals surface area contributed by atoms with Crippen molar-refractivity contribution in [3.63, 3.8) is 0 Å². The summed E-state index contributed by atoms with van der Waals surface area (Å²) < 4.78 is 38.4. The van der Waals surface area contributed by atoms with E-state index in [-0.39, 0.29) is 6.04 Å². The Labute approximate surface area is 160 Å². The predicted molar refractivity (Wildman–Crippen MR) is 102 cm³/mol. The first-order valence-electron chi connectivity index (χ1n) is 9.14. The normalized spacial score (nSPS) is 18.6. The van der Waals surface area contributed by atoms with Gasteiger partial charge in [-0.15, -0.1) is 0 Å². The van der Waals surface area contributed by atoms with Gasteiger partial charge in [0.15, 0.2) is 5.82 Å². The second-order valence-electron chi connectivity index (χ2n) is 7.01. The molecule has 3 aromatic rings. The third-order valence-corrected chi connectivity index (χ3v) is 4.95. The van der Waals surface area contributed by atoms with Gasteiger partial charge in [0.05, 0.1) is 12.1 Å². The van der Waals surface area contributed by atoms with Gasteiger partial charge < -0.3 is 4.90 Å². The molecule has 8 heteroatoms. The highest BCUT2D eigenvalue weighted by Gasteiger charge is 2.35. The zero-order chi connectivity index (χ0) is 19.7.